The summed E-state index contributed by atoms with van der Waals surface area (Å²) in [5.41, 5.74) is 8.75. The van der Waals surface area contributed by atoms with Crippen molar-refractivity contribution in [3.05, 3.63) is 59.2 Å². The van der Waals surface area contributed by atoms with Crippen LogP contribution in [-0.4, -0.2) is 37.9 Å². The Morgan fingerprint density at radius 1 is 1.08 bits per heavy atom. The number of ketones is 2. The monoisotopic (exact) mass is 338 g/mol. The Morgan fingerprint density at radius 3 is 2.40 bits per heavy atom. The predicted molar refractivity (Wildman–Crippen MR) is 98.4 cm³/mol. The van der Waals surface area contributed by atoms with Crippen molar-refractivity contribution in [3.8, 4) is 0 Å². The summed E-state index contributed by atoms with van der Waals surface area (Å²) >= 11 is 0. The molecule has 0 aliphatic carbocycles. The average molecular weight is 338 g/mol. The molecule has 0 saturated carbocycles. The minimum Gasteiger partial charge on any atom is -0.397 e. The van der Waals surface area contributed by atoms with Crippen LogP contribution < -0.4 is 10.6 Å². The number of hydrogen-bond acceptors (Lipinski definition) is 5. The van der Waals surface area contributed by atoms with E-state index in [1.807, 2.05) is 24.3 Å². The summed E-state index contributed by atoms with van der Waals surface area (Å²) in [6.07, 6.45) is 0.338. The molecule has 25 heavy (non-hydrogen) atoms. The van der Waals surface area contributed by atoms with Crippen molar-refractivity contribution in [1.29, 1.82) is 0 Å². The Morgan fingerprint density at radius 2 is 1.76 bits per heavy atom. The third-order valence-corrected chi connectivity index (χ3v) is 4.46. The van der Waals surface area contributed by atoms with Crippen LogP contribution in [0.2, 0.25) is 0 Å². The minimum atomic E-state index is -0.170. The number of carbonyl (C=O) groups excluding carboxylic acids is 2. The van der Waals surface area contributed by atoms with E-state index in [1.54, 1.807) is 25.1 Å². The van der Waals surface area contributed by atoms with Crippen molar-refractivity contribution in [2.24, 2.45) is 0 Å². The number of benzene rings is 2. The van der Waals surface area contributed by atoms with Crippen LogP contribution in [0.5, 0.6) is 0 Å². The summed E-state index contributed by atoms with van der Waals surface area (Å²) < 4.78 is 5.39. The third kappa shape index (κ3) is 3.42. The molecule has 0 unspecified atom stereocenters. The van der Waals surface area contributed by atoms with E-state index in [1.165, 1.54) is 0 Å². The van der Waals surface area contributed by atoms with Crippen LogP contribution in [0.4, 0.5) is 11.4 Å². The zero-order valence-electron chi connectivity index (χ0n) is 14.3. The van der Waals surface area contributed by atoms with Crippen LogP contribution in [0, 0.1) is 0 Å². The molecule has 0 amide bonds. The number of morpholine rings is 1. The molecule has 2 aromatic carbocycles. The van der Waals surface area contributed by atoms with Crippen molar-refractivity contribution in [2.45, 2.75) is 13.3 Å². The lowest BCUT2D eigenvalue weighted by Gasteiger charge is -2.31. The normalized spacial score (nSPS) is 14.4. The molecule has 0 bridgehead atoms. The van der Waals surface area contributed by atoms with Crippen molar-refractivity contribution >= 4 is 22.9 Å². The summed E-state index contributed by atoms with van der Waals surface area (Å²) in [5, 5.41) is 0. The highest BCUT2D eigenvalue weighted by Crippen LogP contribution is 2.32. The number of nitrogen functional groups attached to an aromatic ring is 1. The molecule has 1 aliphatic rings. The number of ether oxygens (including phenoxy) is 1. The molecule has 2 N–H and O–H groups in total. The van der Waals surface area contributed by atoms with Crippen LogP contribution in [0.1, 0.15) is 39.6 Å². The van der Waals surface area contributed by atoms with Gasteiger partial charge in [0.2, 0.25) is 0 Å². The maximum Gasteiger partial charge on any atom is 0.195 e. The van der Waals surface area contributed by atoms with E-state index in [9.17, 15) is 9.59 Å². The van der Waals surface area contributed by atoms with Gasteiger partial charge in [0.15, 0.2) is 11.6 Å². The molecule has 1 fully saturated rings. The van der Waals surface area contributed by atoms with Crippen molar-refractivity contribution in [1.82, 2.24) is 0 Å². The lowest BCUT2D eigenvalue weighted by Crippen LogP contribution is -2.37. The van der Waals surface area contributed by atoms with Gasteiger partial charge in [-0.2, -0.15) is 0 Å². The first kappa shape index (κ1) is 17.2. The second-order valence-electron chi connectivity index (χ2n) is 5.99. The predicted octanol–water partition coefficient (Wildman–Crippen LogP) is 2.93. The van der Waals surface area contributed by atoms with Gasteiger partial charge in [0.25, 0.3) is 0 Å². The lowest BCUT2D eigenvalue weighted by atomic mass is 9.94. The van der Waals surface area contributed by atoms with Crippen molar-refractivity contribution in [2.75, 3.05) is 36.9 Å². The number of rotatable bonds is 5. The summed E-state index contributed by atoms with van der Waals surface area (Å²) in [5.74, 6) is -0.224. The molecule has 1 aliphatic heterocycles. The van der Waals surface area contributed by atoms with Gasteiger partial charge in [-0.05, 0) is 12.1 Å². The van der Waals surface area contributed by atoms with Crippen LogP contribution in [-0.2, 0) is 4.74 Å². The molecule has 0 atom stereocenters. The Balaban J connectivity index is 2.07. The average Bonchev–Trinajstić information content (AvgIpc) is 2.68. The van der Waals surface area contributed by atoms with Gasteiger partial charge in [0.1, 0.15) is 0 Å². The molecule has 2 aromatic rings. The molecule has 3 rings (SSSR count). The van der Waals surface area contributed by atoms with E-state index < -0.39 is 0 Å². The SMILES string of the molecule is CCC(=O)c1c(N2CCOCC2)ccc(C(=O)c2ccccc2)c1N. The van der Waals surface area contributed by atoms with E-state index in [0.29, 0.717) is 49.4 Å². The van der Waals surface area contributed by atoms with E-state index in [4.69, 9.17) is 10.5 Å². The van der Waals surface area contributed by atoms with Gasteiger partial charge >= 0.3 is 0 Å². The van der Waals surface area contributed by atoms with Gasteiger partial charge in [-0.25, -0.2) is 0 Å². The molecule has 5 heteroatoms. The van der Waals surface area contributed by atoms with Gasteiger partial charge in [-0.1, -0.05) is 37.3 Å². The molecule has 130 valence electrons. The van der Waals surface area contributed by atoms with E-state index in [0.717, 1.165) is 5.69 Å². The molecular weight excluding hydrogens is 316 g/mol. The molecular formula is C20H22N2O3. The largest absolute Gasteiger partial charge is 0.397 e. The first-order valence-electron chi connectivity index (χ1n) is 8.51. The van der Waals surface area contributed by atoms with E-state index in [2.05, 4.69) is 4.90 Å². The topological polar surface area (TPSA) is 72.6 Å². The van der Waals surface area contributed by atoms with Crippen LogP contribution in [0.25, 0.3) is 0 Å². The molecule has 0 spiro atoms. The quantitative estimate of drug-likeness (QED) is 0.670. The highest BCUT2D eigenvalue weighted by Gasteiger charge is 2.24. The standard InChI is InChI=1S/C20H22N2O3/c1-2-17(23)18-16(22-10-12-25-13-11-22)9-8-15(19(18)21)20(24)14-6-4-3-5-7-14/h3-9H,2,10-13,21H2,1H3. The Labute approximate surface area is 147 Å². The maximum atomic E-state index is 12.8. The first-order chi connectivity index (χ1) is 12.1. The number of anilines is 2. The maximum absolute atomic E-state index is 12.8. The molecule has 5 nitrogen and oxygen atoms in total. The van der Waals surface area contributed by atoms with Crippen molar-refractivity contribution < 1.29 is 14.3 Å². The summed E-state index contributed by atoms with van der Waals surface area (Å²) in [6.45, 7) is 4.44. The van der Waals surface area contributed by atoms with Gasteiger partial charge < -0.3 is 15.4 Å². The Bertz CT molecular complexity index is 781. The zero-order chi connectivity index (χ0) is 17.8. The summed E-state index contributed by atoms with van der Waals surface area (Å²) in [4.78, 5) is 27.4. The number of nitrogens with zero attached hydrogens (tertiary/aromatic N) is 1. The lowest BCUT2D eigenvalue weighted by molar-refractivity contribution is 0.0987. The summed E-state index contributed by atoms with van der Waals surface area (Å²) in [6, 6.07) is 12.5. The highest BCUT2D eigenvalue weighted by atomic mass is 16.5. The highest BCUT2D eigenvalue weighted by molar-refractivity contribution is 6.17. The number of Topliss-reactive ketones (excluding diaryl/α,β-unsaturated/α-hetero) is 1. The molecule has 1 heterocycles. The molecule has 1 saturated heterocycles. The van der Waals surface area contributed by atoms with Gasteiger partial charge in [-0.3, -0.25) is 9.59 Å². The summed E-state index contributed by atoms with van der Waals surface area (Å²) in [7, 11) is 0. The molecule has 0 radical (unpaired) electrons. The Hall–Kier alpha value is -2.66. The fourth-order valence-electron chi connectivity index (χ4n) is 3.09. The minimum absolute atomic E-state index is 0.0540. The van der Waals surface area contributed by atoms with Gasteiger partial charge in [-0.15, -0.1) is 0 Å². The smallest absolute Gasteiger partial charge is 0.195 e. The molecule has 0 aromatic heterocycles. The van der Waals surface area contributed by atoms with Crippen LogP contribution in [0.3, 0.4) is 0 Å². The van der Waals surface area contributed by atoms with Crippen molar-refractivity contribution in [3.63, 3.8) is 0 Å². The first-order valence-corrected chi connectivity index (χ1v) is 8.51. The van der Waals surface area contributed by atoms with E-state index >= 15 is 0 Å². The third-order valence-electron chi connectivity index (χ3n) is 4.46. The van der Waals surface area contributed by atoms with Crippen LogP contribution >= 0.6 is 0 Å². The van der Waals surface area contributed by atoms with E-state index in [-0.39, 0.29) is 17.3 Å². The van der Waals surface area contributed by atoms with Gasteiger partial charge in [0, 0.05) is 36.3 Å². The fourth-order valence-corrected chi connectivity index (χ4v) is 3.09. The van der Waals surface area contributed by atoms with Crippen LogP contribution in [0.15, 0.2) is 42.5 Å². The second-order valence-corrected chi connectivity index (χ2v) is 5.99. The second kappa shape index (κ2) is 7.49. The number of hydrogen-bond donors (Lipinski definition) is 1. The Kier molecular flexibility index (Phi) is 5.14. The van der Waals surface area contributed by atoms with Gasteiger partial charge in [0.05, 0.1) is 24.5 Å². The number of carbonyl (C=O) groups is 2. The fraction of sp³-hybridized carbons (Fsp3) is 0.300. The number of nitrogens with two attached hydrogens (primary N) is 1. The zero-order valence-corrected chi connectivity index (χ0v) is 14.3.